The van der Waals surface area contributed by atoms with Crippen molar-refractivity contribution in [3.8, 4) is 5.75 Å². The Labute approximate surface area is 128 Å². The van der Waals surface area contributed by atoms with Crippen molar-refractivity contribution in [3.63, 3.8) is 0 Å². The average Bonchev–Trinajstić information content (AvgIpc) is 2.88. The van der Waals surface area contributed by atoms with E-state index < -0.39 is 0 Å². The highest BCUT2D eigenvalue weighted by Crippen LogP contribution is 2.25. The Hall–Kier alpha value is -0.910. The van der Waals surface area contributed by atoms with E-state index in [-0.39, 0.29) is 17.7 Å². The van der Waals surface area contributed by atoms with Crippen LogP contribution in [-0.4, -0.2) is 38.7 Å². The van der Waals surface area contributed by atoms with Gasteiger partial charge in [-0.1, -0.05) is 22.9 Å². The molecule has 1 saturated heterocycles. The molecule has 2 atom stereocenters. The van der Waals surface area contributed by atoms with Gasteiger partial charge in [0.2, 0.25) is 0 Å². The fourth-order valence-corrected chi connectivity index (χ4v) is 2.95. The van der Waals surface area contributed by atoms with Crippen molar-refractivity contribution in [2.24, 2.45) is 5.92 Å². The van der Waals surface area contributed by atoms with Crippen molar-refractivity contribution in [2.75, 3.05) is 26.9 Å². The molecule has 1 heterocycles. The summed E-state index contributed by atoms with van der Waals surface area (Å²) in [5.41, 5.74) is 0.911. The first kappa shape index (κ1) is 15.5. The highest BCUT2D eigenvalue weighted by molar-refractivity contribution is 9.10. The number of rotatable bonds is 6. The van der Waals surface area contributed by atoms with Gasteiger partial charge >= 0.3 is 0 Å². The van der Waals surface area contributed by atoms with E-state index in [0.29, 0.717) is 19.6 Å². The molecule has 1 aliphatic heterocycles. The fourth-order valence-electron chi connectivity index (χ4n) is 2.54. The third kappa shape index (κ3) is 3.59. The van der Waals surface area contributed by atoms with Crippen LogP contribution in [0, 0.1) is 5.92 Å². The van der Waals surface area contributed by atoms with Crippen LogP contribution < -0.4 is 10.1 Å². The summed E-state index contributed by atoms with van der Waals surface area (Å²) in [5, 5.41) is 3.31. The first-order chi connectivity index (χ1) is 9.65. The first-order valence-electron chi connectivity index (χ1n) is 6.82. The van der Waals surface area contributed by atoms with Crippen molar-refractivity contribution < 1.29 is 14.3 Å². The number of ketones is 1. The minimum absolute atomic E-state index is 0.0707. The topological polar surface area (TPSA) is 47.6 Å². The van der Waals surface area contributed by atoms with E-state index >= 15 is 0 Å². The first-order valence-corrected chi connectivity index (χ1v) is 7.61. The van der Waals surface area contributed by atoms with Gasteiger partial charge in [0, 0.05) is 22.5 Å². The lowest BCUT2D eigenvalue weighted by Crippen LogP contribution is -2.39. The predicted molar refractivity (Wildman–Crippen MR) is 81.2 cm³/mol. The highest BCUT2D eigenvalue weighted by Gasteiger charge is 2.33. The van der Waals surface area contributed by atoms with Crippen molar-refractivity contribution >= 4 is 21.7 Å². The van der Waals surface area contributed by atoms with Crippen molar-refractivity contribution in [1.29, 1.82) is 0 Å². The predicted octanol–water partition coefficient (Wildman–Crippen LogP) is 2.19. The Balaban J connectivity index is 2.09. The number of hydrogen-bond donors (Lipinski definition) is 1. The van der Waals surface area contributed by atoms with E-state index in [1.54, 1.807) is 7.11 Å². The summed E-state index contributed by atoms with van der Waals surface area (Å²) in [5.74, 6) is 0.879. The van der Waals surface area contributed by atoms with Gasteiger partial charge in [-0.2, -0.15) is 0 Å². The molecule has 1 N–H and O–H groups in total. The van der Waals surface area contributed by atoms with Crippen LogP contribution in [0.5, 0.6) is 5.75 Å². The third-order valence-electron chi connectivity index (χ3n) is 3.57. The zero-order chi connectivity index (χ0) is 14.5. The number of Topliss-reactive ketones (excluding diaryl/α,β-unsaturated/α-hetero) is 1. The van der Waals surface area contributed by atoms with Gasteiger partial charge in [-0.25, -0.2) is 0 Å². The molecule has 4 nitrogen and oxygen atoms in total. The van der Waals surface area contributed by atoms with E-state index in [4.69, 9.17) is 9.47 Å². The molecule has 0 radical (unpaired) electrons. The Bertz CT molecular complexity index is 478. The van der Waals surface area contributed by atoms with Gasteiger partial charge in [0.1, 0.15) is 11.5 Å². The maximum atomic E-state index is 12.5. The SMILES string of the molecule is CCNC1COCC1C(=O)Cc1cc(Br)ccc1OC. The van der Waals surface area contributed by atoms with Crippen LogP contribution in [0.3, 0.4) is 0 Å². The number of carbonyl (C=O) groups is 1. The van der Waals surface area contributed by atoms with Crippen LogP contribution in [0.15, 0.2) is 22.7 Å². The Kier molecular flexibility index (Phi) is 5.57. The van der Waals surface area contributed by atoms with Gasteiger partial charge in [-0.3, -0.25) is 4.79 Å². The van der Waals surface area contributed by atoms with E-state index in [1.165, 1.54) is 0 Å². The number of carbonyl (C=O) groups excluding carboxylic acids is 1. The number of likely N-dealkylation sites (N-methyl/N-ethyl adjacent to an activating group) is 1. The maximum absolute atomic E-state index is 12.5. The van der Waals surface area contributed by atoms with Gasteiger partial charge in [0.15, 0.2) is 0 Å². The van der Waals surface area contributed by atoms with Gasteiger partial charge < -0.3 is 14.8 Å². The summed E-state index contributed by atoms with van der Waals surface area (Å²) in [4.78, 5) is 12.5. The van der Waals surface area contributed by atoms with E-state index in [0.717, 1.165) is 22.3 Å². The molecule has 1 fully saturated rings. The van der Waals surface area contributed by atoms with Gasteiger partial charge in [-0.15, -0.1) is 0 Å². The van der Waals surface area contributed by atoms with Crippen LogP contribution in [0.4, 0.5) is 0 Å². The number of ether oxygens (including phenoxy) is 2. The van der Waals surface area contributed by atoms with Gasteiger partial charge in [-0.05, 0) is 24.7 Å². The van der Waals surface area contributed by atoms with E-state index in [2.05, 4.69) is 21.2 Å². The number of benzene rings is 1. The fraction of sp³-hybridized carbons (Fsp3) is 0.533. The number of methoxy groups -OCH3 is 1. The zero-order valence-electron chi connectivity index (χ0n) is 11.8. The lowest BCUT2D eigenvalue weighted by Gasteiger charge is -2.17. The largest absolute Gasteiger partial charge is 0.496 e. The third-order valence-corrected chi connectivity index (χ3v) is 4.06. The second-order valence-electron chi connectivity index (χ2n) is 4.91. The smallest absolute Gasteiger partial charge is 0.144 e. The minimum atomic E-state index is -0.0707. The molecule has 2 unspecified atom stereocenters. The second kappa shape index (κ2) is 7.20. The lowest BCUT2D eigenvalue weighted by atomic mass is 9.93. The molecule has 1 aliphatic rings. The number of hydrogen-bond acceptors (Lipinski definition) is 4. The molecule has 0 saturated carbocycles. The number of halogens is 1. The maximum Gasteiger partial charge on any atom is 0.144 e. The second-order valence-corrected chi connectivity index (χ2v) is 5.82. The zero-order valence-corrected chi connectivity index (χ0v) is 13.4. The lowest BCUT2D eigenvalue weighted by molar-refractivity contribution is -0.122. The highest BCUT2D eigenvalue weighted by atomic mass is 79.9. The molecule has 2 rings (SSSR count). The Morgan fingerprint density at radius 1 is 1.50 bits per heavy atom. The van der Waals surface area contributed by atoms with Gasteiger partial charge in [0.25, 0.3) is 0 Å². The van der Waals surface area contributed by atoms with E-state index in [1.807, 2.05) is 25.1 Å². The molecule has 1 aromatic carbocycles. The molecule has 0 aliphatic carbocycles. The minimum Gasteiger partial charge on any atom is -0.496 e. The number of nitrogens with one attached hydrogen (secondary N) is 1. The standard InChI is InChI=1S/C15H20BrNO3/c1-3-17-13-9-20-8-12(13)14(18)7-10-6-11(16)4-5-15(10)19-2/h4-6,12-13,17H,3,7-9H2,1-2H3. The summed E-state index contributed by atoms with van der Waals surface area (Å²) in [7, 11) is 1.62. The normalized spacial score (nSPS) is 21.9. The van der Waals surface area contributed by atoms with E-state index in [9.17, 15) is 4.79 Å². The van der Waals surface area contributed by atoms with Crippen molar-refractivity contribution in [2.45, 2.75) is 19.4 Å². The molecular weight excluding hydrogens is 322 g/mol. The molecule has 1 aromatic rings. The van der Waals surface area contributed by atoms with Crippen LogP contribution >= 0.6 is 15.9 Å². The molecule has 0 amide bonds. The van der Waals surface area contributed by atoms with Crippen LogP contribution in [0.2, 0.25) is 0 Å². The summed E-state index contributed by atoms with van der Waals surface area (Å²) >= 11 is 3.43. The Morgan fingerprint density at radius 2 is 2.30 bits per heavy atom. The summed E-state index contributed by atoms with van der Waals surface area (Å²) < 4.78 is 11.7. The average molecular weight is 342 g/mol. The van der Waals surface area contributed by atoms with Crippen LogP contribution in [-0.2, 0) is 16.0 Å². The molecular formula is C15H20BrNO3. The molecule has 5 heteroatoms. The van der Waals surface area contributed by atoms with Crippen LogP contribution in [0.25, 0.3) is 0 Å². The summed E-state index contributed by atoms with van der Waals surface area (Å²) in [6.07, 6.45) is 0.374. The molecule has 0 spiro atoms. The monoisotopic (exact) mass is 341 g/mol. The summed E-state index contributed by atoms with van der Waals surface area (Å²) in [6, 6.07) is 5.85. The molecule has 0 bridgehead atoms. The molecule has 20 heavy (non-hydrogen) atoms. The quantitative estimate of drug-likeness (QED) is 0.861. The summed E-state index contributed by atoms with van der Waals surface area (Å²) in [6.45, 7) is 4.00. The van der Waals surface area contributed by atoms with Crippen LogP contribution in [0.1, 0.15) is 12.5 Å². The molecule has 110 valence electrons. The van der Waals surface area contributed by atoms with Gasteiger partial charge in [0.05, 0.1) is 26.2 Å². The Morgan fingerprint density at radius 3 is 3.00 bits per heavy atom. The molecule has 0 aromatic heterocycles. The van der Waals surface area contributed by atoms with Crippen molar-refractivity contribution in [3.05, 3.63) is 28.2 Å². The van der Waals surface area contributed by atoms with Crippen molar-refractivity contribution in [1.82, 2.24) is 5.32 Å².